The fourth-order valence-electron chi connectivity index (χ4n) is 4.48. The van der Waals surface area contributed by atoms with Gasteiger partial charge in [0.05, 0.1) is 0 Å². The number of allylic oxidation sites excluding steroid dienone is 1. The van der Waals surface area contributed by atoms with Gasteiger partial charge in [-0.25, -0.2) is 0 Å². The smallest absolute Gasteiger partial charge is 0.00489 e. The molecule has 0 saturated heterocycles. The van der Waals surface area contributed by atoms with Gasteiger partial charge in [0.15, 0.2) is 0 Å². The maximum absolute atomic E-state index is 4.40. The summed E-state index contributed by atoms with van der Waals surface area (Å²) in [5.41, 5.74) is 1.52. The molecule has 180 valence electrons. The van der Waals surface area contributed by atoms with E-state index in [1.165, 1.54) is 153 Å². The van der Waals surface area contributed by atoms with E-state index in [1.807, 2.05) is 0 Å². The van der Waals surface area contributed by atoms with E-state index in [1.54, 1.807) is 0 Å². The second-order valence-electron chi connectivity index (χ2n) is 9.82. The topological polar surface area (TPSA) is 12.0 Å². The fraction of sp³-hybridized carbons (Fsp3) is 0.931. The van der Waals surface area contributed by atoms with Gasteiger partial charge in [-0.2, -0.15) is 0 Å². The molecule has 0 aromatic rings. The van der Waals surface area contributed by atoms with E-state index in [4.69, 9.17) is 0 Å². The van der Waals surface area contributed by atoms with Gasteiger partial charge in [-0.05, 0) is 51.1 Å². The van der Waals surface area contributed by atoms with Crippen LogP contribution in [-0.2, 0) is 0 Å². The minimum atomic E-state index is 0.890. The van der Waals surface area contributed by atoms with Gasteiger partial charge in [0.2, 0.25) is 0 Å². The summed E-state index contributed by atoms with van der Waals surface area (Å²) >= 11 is 0. The zero-order chi connectivity index (χ0) is 22.1. The third-order valence-corrected chi connectivity index (χ3v) is 6.71. The van der Waals surface area contributed by atoms with Gasteiger partial charge in [0.1, 0.15) is 0 Å². The molecule has 1 unspecified atom stereocenters. The van der Waals surface area contributed by atoms with Gasteiger partial charge >= 0.3 is 0 Å². The second-order valence-corrected chi connectivity index (χ2v) is 9.82. The molecule has 0 bridgehead atoms. The van der Waals surface area contributed by atoms with Crippen molar-refractivity contribution in [2.24, 2.45) is 5.92 Å². The fourth-order valence-corrected chi connectivity index (χ4v) is 4.48. The van der Waals surface area contributed by atoms with Crippen molar-refractivity contribution in [1.82, 2.24) is 5.32 Å². The number of rotatable bonds is 25. The third kappa shape index (κ3) is 22.4. The van der Waals surface area contributed by atoms with Crippen LogP contribution in [0.2, 0.25) is 0 Å². The first-order valence-electron chi connectivity index (χ1n) is 14.1. The third-order valence-electron chi connectivity index (χ3n) is 6.71. The van der Waals surface area contributed by atoms with Gasteiger partial charge in [0.25, 0.3) is 0 Å². The maximum atomic E-state index is 4.40. The van der Waals surface area contributed by atoms with Crippen molar-refractivity contribution in [2.45, 2.75) is 156 Å². The van der Waals surface area contributed by atoms with Gasteiger partial charge < -0.3 is 5.32 Å². The Morgan fingerprint density at radius 1 is 0.600 bits per heavy atom. The molecule has 30 heavy (non-hydrogen) atoms. The van der Waals surface area contributed by atoms with Crippen LogP contribution in [0.4, 0.5) is 0 Å². The van der Waals surface area contributed by atoms with Crippen LogP contribution in [0.25, 0.3) is 0 Å². The Bertz CT molecular complexity index is 335. The van der Waals surface area contributed by atoms with E-state index in [9.17, 15) is 0 Å². The minimum absolute atomic E-state index is 0.890. The summed E-state index contributed by atoms with van der Waals surface area (Å²) < 4.78 is 0. The minimum Gasteiger partial charge on any atom is -0.317 e. The van der Waals surface area contributed by atoms with Crippen LogP contribution in [0.1, 0.15) is 156 Å². The lowest BCUT2D eigenvalue weighted by Crippen LogP contribution is -2.16. The molecule has 1 nitrogen and oxygen atoms in total. The Morgan fingerprint density at radius 2 is 1.07 bits per heavy atom. The highest BCUT2D eigenvalue weighted by Crippen LogP contribution is 2.24. The summed E-state index contributed by atoms with van der Waals surface area (Å²) in [5.74, 6) is 0.890. The summed E-state index contributed by atoms with van der Waals surface area (Å²) in [4.78, 5) is 0. The monoisotopic (exact) mass is 421 g/mol. The van der Waals surface area contributed by atoms with Gasteiger partial charge in [-0.15, -0.1) is 0 Å². The normalized spacial score (nSPS) is 12.4. The lowest BCUT2D eigenvalue weighted by atomic mass is 9.90. The van der Waals surface area contributed by atoms with Gasteiger partial charge in [-0.3, -0.25) is 0 Å². The summed E-state index contributed by atoms with van der Waals surface area (Å²) in [6, 6.07) is 0. The van der Waals surface area contributed by atoms with Crippen LogP contribution in [0.5, 0.6) is 0 Å². The van der Waals surface area contributed by atoms with Crippen LogP contribution in [-0.4, -0.2) is 13.1 Å². The van der Waals surface area contributed by atoms with Crippen molar-refractivity contribution in [2.75, 3.05) is 13.1 Å². The number of unbranched alkanes of at least 4 members (excludes halogenated alkanes) is 14. The summed E-state index contributed by atoms with van der Waals surface area (Å²) in [6.45, 7) is 13.8. The van der Waals surface area contributed by atoms with E-state index >= 15 is 0 Å². The van der Waals surface area contributed by atoms with E-state index in [-0.39, 0.29) is 0 Å². The van der Waals surface area contributed by atoms with Crippen molar-refractivity contribution >= 4 is 0 Å². The molecular formula is C29H59N. The van der Waals surface area contributed by atoms with Crippen molar-refractivity contribution in [3.63, 3.8) is 0 Å². The van der Waals surface area contributed by atoms with Crippen molar-refractivity contribution in [1.29, 1.82) is 0 Å². The SMILES string of the molecule is C=C(CCCCCCCNCCCCCCCC)CC(CC)CCCCCCCC. The molecule has 0 aromatic carbocycles. The first-order valence-corrected chi connectivity index (χ1v) is 14.1. The molecule has 0 aliphatic heterocycles. The second kappa shape index (κ2) is 25.0. The average molecular weight is 422 g/mol. The highest BCUT2D eigenvalue weighted by molar-refractivity contribution is 4.95. The number of hydrogen-bond donors (Lipinski definition) is 1. The van der Waals surface area contributed by atoms with Crippen LogP contribution < -0.4 is 5.32 Å². The first-order chi connectivity index (χ1) is 14.7. The molecule has 0 fully saturated rings. The predicted octanol–water partition coefficient (Wildman–Crippen LogP) is 10.0. The lowest BCUT2D eigenvalue weighted by molar-refractivity contribution is 0.429. The maximum Gasteiger partial charge on any atom is -0.00489 e. The Hall–Kier alpha value is -0.300. The molecule has 0 aliphatic rings. The highest BCUT2D eigenvalue weighted by atomic mass is 14.8. The van der Waals surface area contributed by atoms with Gasteiger partial charge in [0, 0.05) is 0 Å². The zero-order valence-corrected chi connectivity index (χ0v) is 21.5. The summed E-state index contributed by atoms with van der Waals surface area (Å²) in [5, 5.41) is 3.63. The molecule has 1 heteroatoms. The highest BCUT2D eigenvalue weighted by Gasteiger charge is 2.08. The van der Waals surface area contributed by atoms with Crippen molar-refractivity contribution < 1.29 is 0 Å². The van der Waals surface area contributed by atoms with Crippen LogP contribution in [0.15, 0.2) is 12.2 Å². The number of hydrogen-bond acceptors (Lipinski definition) is 1. The van der Waals surface area contributed by atoms with Gasteiger partial charge in [-0.1, -0.05) is 136 Å². The Labute approximate surface area is 192 Å². The molecule has 0 radical (unpaired) electrons. The van der Waals surface area contributed by atoms with E-state index in [2.05, 4.69) is 32.7 Å². The Balaban J connectivity index is 3.38. The molecule has 0 heterocycles. The Morgan fingerprint density at radius 3 is 1.60 bits per heavy atom. The largest absolute Gasteiger partial charge is 0.317 e. The van der Waals surface area contributed by atoms with E-state index in [0.717, 1.165) is 5.92 Å². The van der Waals surface area contributed by atoms with Crippen LogP contribution in [0.3, 0.4) is 0 Å². The standard InChI is InChI=1S/C29H59N/c1-5-8-10-12-16-20-24-29(7-3)27-28(4)23-19-15-14-18-22-26-30-25-21-17-13-11-9-6-2/h29-30H,4-27H2,1-3H3. The Kier molecular flexibility index (Phi) is 24.7. The molecule has 0 amide bonds. The van der Waals surface area contributed by atoms with E-state index in [0.29, 0.717) is 0 Å². The zero-order valence-electron chi connectivity index (χ0n) is 21.5. The summed E-state index contributed by atoms with van der Waals surface area (Å²) in [7, 11) is 0. The van der Waals surface area contributed by atoms with Crippen LogP contribution >= 0.6 is 0 Å². The molecule has 1 N–H and O–H groups in total. The predicted molar refractivity (Wildman–Crippen MR) is 139 cm³/mol. The average Bonchev–Trinajstić information content (AvgIpc) is 2.75. The van der Waals surface area contributed by atoms with Crippen molar-refractivity contribution in [3.05, 3.63) is 12.2 Å². The summed E-state index contributed by atoms with van der Waals surface area (Å²) in [6.07, 6.45) is 29.2. The van der Waals surface area contributed by atoms with E-state index < -0.39 is 0 Å². The lowest BCUT2D eigenvalue weighted by Gasteiger charge is -2.16. The molecule has 0 saturated carbocycles. The quantitative estimate of drug-likeness (QED) is 0.114. The molecule has 0 aromatic heterocycles. The molecule has 1 atom stereocenters. The molecular weight excluding hydrogens is 362 g/mol. The molecule has 0 spiro atoms. The van der Waals surface area contributed by atoms with Crippen molar-refractivity contribution in [3.8, 4) is 0 Å². The number of nitrogens with one attached hydrogen (secondary N) is 1. The molecule has 0 aliphatic carbocycles. The molecule has 0 rings (SSSR count). The van der Waals surface area contributed by atoms with Crippen LogP contribution in [0, 0.1) is 5.92 Å². The first kappa shape index (κ1) is 29.7.